The number of thiol groups is 1. The summed E-state index contributed by atoms with van der Waals surface area (Å²) in [6, 6.07) is 5.49. The Hall–Kier alpha value is -0.280. The van der Waals surface area contributed by atoms with Crippen LogP contribution in [0.1, 0.15) is 5.56 Å². The van der Waals surface area contributed by atoms with E-state index in [9.17, 15) is 5.11 Å². The van der Waals surface area contributed by atoms with Crippen molar-refractivity contribution >= 4 is 22.5 Å². The first-order valence-electron chi connectivity index (χ1n) is 2.85. The van der Waals surface area contributed by atoms with Gasteiger partial charge < -0.3 is 5.11 Å². The van der Waals surface area contributed by atoms with Crippen molar-refractivity contribution in [2.75, 3.05) is 0 Å². The van der Waals surface area contributed by atoms with Crippen molar-refractivity contribution in [2.24, 2.45) is 0 Å². The minimum Gasteiger partial charge on any atom is -0.508 e. The topological polar surface area (TPSA) is 20.2 Å². The van der Waals surface area contributed by atoms with E-state index in [2.05, 4.69) is 11.7 Å². The highest BCUT2D eigenvalue weighted by Crippen LogP contribution is 2.26. The molecular weight excluding hydrogens is 164 g/mol. The fourth-order valence-corrected chi connectivity index (χ4v) is 1.28. The van der Waals surface area contributed by atoms with Crippen LogP contribution < -0.4 is 0 Å². The summed E-state index contributed by atoms with van der Waals surface area (Å²) in [5.74, 6) is 0.332. The van der Waals surface area contributed by atoms with Crippen molar-refractivity contribution in [3.63, 3.8) is 0 Å². The second-order valence-electron chi connectivity index (χ2n) is 2.04. The van der Waals surface area contributed by atoms with Crippen LogP contribution >= 0.6 is 22.5 Å². The van der Waals surface area contributed by atoms with Crippen molar-refractivity contribution in [1.29, 1.82) is 0 Å². The molecule has 0 aromatic heterocycles. The largest absolute Gasteiger partial charge is 0.508 e. The van der Waals surface area contributed by atoms with Gasteiger partial charge in [0.25, 0.3) is 0 Å². The molecule has 1 aromatic carbocycles. The van der Waals surface area contributed by atoms with Crippen molar-refractivity contribution < 1.29 is 5.11 Å². The third kappa shape index (κ3) is 1.61. The van der Waals surface area contributed by atoms with Gasteiger partial charge in [0.2, 0.25) is 0 Å². The number of phenolic OH excluding ortho intramolecular Hbond substituents is 1. The molecule has 0 saturated heterocycles. The average Bonchev–Trinajstić information content (AvgIpc) is 1.95. The van der Waals surface area contributed by atoms with Gasteiger partial charge in [-0.1, -0.05) is 16.9 Å². The van der Waals surface area contributed by atoms with Crippen LogP contribution in [0.25, 0.3) is 0 Å². The standard InChI is InChI=1S/C7H8OS2/c1-5-2-3-6(10-9)4-7(5)8/h2-4,8-9H,1H3. The van der Waals surface area contributed by atoms with Crippen molar-refractivity contribution in [3.8, 4) is 5.75 Å². The van der Waals surface area contributed by atoms with Gasteiger partial charge in [0.15, 0.2) is 0 Å². The monoisotopic (exact) mass is 172 g/mol. The number of hydrogen-bond donors (Lipinski definition) is 2. The Bertz CT molecular complexity index is 235. The van der Waals surface area contributed by atoms with E-state index in [1.54, 1.807) is 6.07 Å². The van der Waals surface area contributed by atoms with E-state index in [4.69, 9.17) is 0 Å². The Labute approximate surface area is 69.3 Å². The molecule has 0 saturated carbocycles. The molecule has 54 valence electrons. The summed E-state index contributed by atoms with van der Waals surface area (Å²) in [4.78, 5) is 0.964. The normalized spacial score (nSPS) is 9.80. The molecule has 0 amide bonds. The zero-order valence-corrected chi connectivity index (χ0v) is 7.25. The minimum atomic E-state index is 0.332. The third-order valence-electron chi connectivity index (χ3n) is 1.29. The molecule has 1 N–H and O–H groups in total. The molecule has 0 aliphatic rings. The highest BCUT2D eigenvalue weighted by atomic mass is 33.1. The van der Waals surface area contributed by atoms with Crippen LogP contribution in [0.15, 0.2) is 23.1 Å². The Kier molecular flexibility index (Phi) is 2.51. The van der Waals surface area contributed by atoms with E-state index < -0.39 is 0 Å². The third-order valence-corrected chi connectivity index (χ3v) is 2.38. The number of aromatic hydroxyl groups is 1. The van der Waals surface area contributed by atoms with Gasteiger partial charge in [0, 0.05) is 4.90 Å². The molecule has 1 rings (SSSR count). The van der Waals surface area contributed by atoms with Crippen molar-refractivity contribution in [2.45, 2.75) is 11.8 Å². The van der Waals surface area contributed by atoms with E-state index in [0.29, 0.717) is 5.75 Å². The lowest BCUT2D eigenvalue weighted by Crippen LogP contribution is -1.73. The summed E-state index contributed by atoms with van der Waals surface area (Å²) >= 11 is 4.00. The fraction of sp³-hybridized carbons (Fsp3) is 0.143. The fourth-order valence-electron chi connectivity index (χ4n) is 0.646. The van der Waals surface area contributed by atoms with E-state index in [-0.39, 0.29) is 0 Å². The van der Waals surface area contributed by atoms with Crippen LogP contribution in [0, 0.1) is 6.92 Å². The summed E-state index contributed by atoms with van der Waals surface area (Å²) in [6.07, 6.45) is 0. The predicted octanol–water partition coefficient (Wildman–Crippen LogP) is 2.64. The van der Waals surface area contributed by atoms with E-state index in [1.165, 1.54) is 10.8 Å². The first-order chi connectivity index (χ1) is 4.74. The maximum Gasteiger partial charge on any atom is 0.119 e. The van der Waals surface area contributed by atoms with Crippen LogP contribution in [-0.4, -0.2) is 5.11 Å². The summed E-state index contributed by atoms with van der Waals surface area (Å²) < 4.78 is 0. The number of rotatable bonds is 1. The highest BCUT2D eigenvalue weighted by Gasteiger charge is 1.95. The number of hydrogen-bond acceptors (Lipinski definition) is 3. The maximum absolute atomic E-state index is 9.18. The lowest BCUT2D eigenvalue weighted by molar-refractivity contribution is 0.469. The Morgan fingerprint density at radius 2 is 2.20 bits per heavy atom. The minimum absolute atomic E-state index is 0.332. The first kappa shape index (κ1) is 7.82. The smallest absolute Gasteiger partial charge is 0.119 e. The van der Waals surface area contributed by atoms with Gasteiger partial charge in [-0.3, -0.25) is 0 Å². The molecule has 10 heavy (non-hydrogen) atoms. The van der Waals surface area contributed by atoms with E-state index in [0.717, 1.165) is 10.5 Å². The van der Waals surface area contributed by atoms with Gasteiger partial charge in [-0.2, -0.15) is 0 Å². The molecule has 1 aromatic rings. The number of benzene rings is 1. The zero-order valence-electron chi connectivity index (χ0n) is 5.53. The molecule has 0 aliphatic heterocycles. The van der Waals surface area contributed by atoms with Gasteiger partial charge in [-0.25, -0.2) is 0 Å². The highest BCUT2D eigenvalue weighted by molar-refractivity contribution is 8.68. The predicted molar refractivity (Wildman–Crippen MR) is 47.7 cm³/mol. The quantitative estimate of drug-likeness (QED) is 0.501. The molecule has 0 unspecified atom stereocenters. The molecule has 0 radical (unpaired) electrons. The maximum atomic E-state index is 9.18. The molecular formula is C7H8OS2. The lowest BCUT2D eigenvalue weighted by Gasteiger charge is -1.98. The average molecular weight is 172 g/mol. The van der Waals surface area contributed by atoms with Crippen LogP contribution in [0.3, 0.4) is 0 Å². The zero-order chi connectivity index (χ0) is 7.56. The van der Waals surface area contributed by atoms with Crippen LogP contribution in [0.4, 0.5) is 0 Å². The van der Waals surface area contributed by atoms with Gasteiger partial charge in [0.05, 0.1) is 0 Å². The molecule has 1 nitrogen and oxygen atoms in total. The Morgan fingerprint density at radius 1 is 1.50 bits per heavy atom. The molecule has 0 bridgehead atoms. The van der Waals surface area contributed by atoms with Gasteiger partial charge in [-0.05, 0) is 24.6 Å². The Morgan fingerprint density at radius 3 is 2.70 bits per heavy atom. The molecule has 3 heteroatoms. The van der Waals surface area contributed by atoms with Gasteiger partial charge in [0.1, 0.15) is 5.75 Å². The summed E-state index contributed by atoms with van der Waals surface area (Å²) in [7, 11) is 1.33. The SMILES string of the molecule is Cc1ccc(SS)cc1O. The molecule has 0 fully saturated rings. The molecule has 0 heterocycles. The number of aryl methyl sites for hydroxylation is 1. The van der Waals surface area contributed by atoms with Crippen molar-refractivity contribution in [1.82, 2.24) is 0 Å². The second-order valence-corrected chi connectivity index (χ2v) is 3.24. The molecule has 0 atom stereocenters. The van der Waals surface area contributed by atoms with Gasteiger partial charge >= 0.3 is 0 Å². The number of phenols is 1. The Balaban J connectivity index is 3.04. The molecule has 0 spiro atoms. The van der Waals surface area contributed by atoms with E-state index in [1.807, 2.05) is 19.1 Å². The van der Waals surface area contributed by atoms with Crippen LogP contribution in [-0.2, 0) is 0 Å². The summed E-state index contributed by atoms with van der Waals surface area (Å²) in [6.45, 7) is 1.86. The van der Waals surface area contributed by atoms with E-state index >= 15 is 0 Å². The molecule has 0 aliphatic carbocycles. The lowest BCUT2D eigenvalue weighted by atomic mass is 10.2. The summed E-state index contributed by atoms with van der Waals surface area (Å²) in [5, 5.41) is 9.18. The van der Waals surface area contributed by atoms with Crippen LogP contribution in [0.5, 0.6) is 5.75 Å². The first-order valence-corrected chi connectivity index (χ1v) is 4.72. The van der Waals surface area contributed by atoms with Gasteiger partial charge in [-0.15, -0.1) is 11.7 Å². The summed E-state index contributed by atoms with van der Waals surface area (Å²) in [5.41, 5.74) is 0.895. The van der Waals surface area contributed by atoms with Crippen molar-refractivity contribution in [3.05, 3.63) is 23.8 Å². The van der Waals surface area contributed by atoms with Crippen LogP contribution in [0.2, 0.25) is 0 Å². The second kappa shape index (κ2) is 3.21.